The van der Waals surface area contributed by atoms with Gasteiger partial charge in [-0.15, -0.1) is 0 Å². The molecule has 0 bridgehead atoms. The molecule has 1 spiro atoms. The summed E-state index contributed by atoms with van der Waals surface area (Å²) in [7, 11) is 0. The first-order chi connectivity index (χ1) is 16.6. The van der Waals surface area contributed by atoms with Crippen LogP contribution in [0.5, 0.6) is 11.5 Å². The number of nitrogens with zero attached hydrogens (tertiary/aromatic N) is 2. The minimum Gasteiger partial charge on any atom is -0.504 e. The molecule has 6 heteroatoms. The Morgan fingerprint density at radius 1 is 1.17 bits per heavy atom. The van der Waals surface area contributed by atoms with E-state index < -0.39 is 0 Å². The summed E-state index contributed by atoms with van der Waals surface area (Å²) in [5, 5.41) is 10.3. The number of carbonyl (C=O) groups is 2. The molecular weight excluding hydrogens is 440 g/mol. The number of rotatable bonds is 9. The Labute approximate surface area is 208 Å². The van der Waals surface area contributed by atoms with Gasteiger partial charge in [-0.3, -0.25) is 4.79 Å². The van der Waals surface area contributed by atoms with E-state index in [2.05, 4.69) is 55.0 Å². The summed E-state index contributed by atoms with van der Waals surface area (Å²) in [6.45, 7) is 8.36. The zero-order valence-electron chi connectivity index (χ0n) is 21.5. The number of hydrogen-bond donors (Lipinski definition) is 1. The Kier molecular flexibility index (Phi) is 7.30. The maximum Gasteiger partial charge on any atom is 0.185 e. The molecule has 1 aromatic heterocycles. The van der Waals surface area contributed by atoms with Crippen LogP contribution in [0.3, 0.4) is 0 Å². The number of unbranched alkanes of at least 4 members (excludes halogenated alkanes) is 1. The Morgan fingerprint density at radius 2 is 1.86 bits per heavy atom. The van der Waals surface area contributed by atoms with Gasteiger partial charge in [0, 0.05) is 24.7 Å². The first-order valence-electron chi connectivity index (χ1n) is 12.9. The summed E-state index contributed by atoms with van der Waals surface area (Å²) >= 11 is 0. The van der Waals surface area contributed by atoms with Crippen molar-refractivity contribution >= 4 is 12.1 Å². The molecule has 2 saturated carbocycles. The van der Waals surface area contributed by atoms with E-state index in [4.69, 9.17) is 4.74 Å². The van der Waals surface area contributed by atoms with E-state index in [-0.39, 0.29) is 29.1 Å². The van der Waals surface area contributed by atoms with Crippen molar-refractivity contribution < 1.29 is 19.4 Å². The molecule has 0 saturated heterocycles. The van der Waals surface area contributed by atoms with Crippen LogP contribution in [0.25, 0.3) is 0 Å². The molecule has 188 valence electrons. The predicted molar refractivity (Wildman–Crippen MR) is 135 cm³/mol. The summed E-state index contributed by atoms with van der Waals surface area (Å²) in [6.07, 6.45) is 8.39. The van der Waals surface area contributed by atoms with Crippen LogP contribution in [0.2, 0.25) is 0 Å². The number of aryl methyl sites for hydroxylation is 1. The van der Waals surface area contributed by atoms with Crippen LogP contribution in [-0.4, -0.2) is 33.2 Å². The van der Waals surface area contributed by atoms with E-state index in [1.807, 2.05) is 0 Å². The molecule has 1 heterocycles. The van der Waals surface area contributed by atoms with Gasteiger partial charge in [-0.25, -0.2) is 9.97 Å². The van der Waals surface area contributed by atoms with E-state index in [0.29, 0.717) is 48.2 Å². The van der Waals surface area contributed by atoms with Crippen molar-refractivity contribution in [1.29, 1.82) is 0 Å². The molecule has 2 fully saturated rings. The molecule has 0 aliphatic heterocycles. The van der Waals surface area contributed by atoms with Gasteiger partial charge in [0.1, 0.15) is 24.0 Å². The average Bonchev–Trinajstić information content (AvgIpc) is 3.48. The van der Waals surface area contributed by atoms with Crippen molar-refractivity contribution in [3.63, 3.8) is 0 Å². The number of Topliss-reactive ketones (excluding diaryl/α,β-unsaturated/α-hetero) is 1. The topological polar surface area (TPSA) is 89.4 Å². The summed E-state index contributed by atoms with van der Waals surface area (Å²) in [6, 6.07) is 8.53. The number of aldehydes is 1. The quantitative estimate of drug-likeness (QED) is 0.274. The predicted octanol–water partition coefficient (Wildman–Crippen LogP) is 5.91. The third kappa shape index (κ3) is 5.91. The number of hydrogen-bond acceptors (Lipinski definition) is 6. The van der Waals surface area contributed by atoms with Crippen LogP contribution >= 0.6 is 0 Å². The lowest BCUT2D eigenvalue weighted by Gasteiger charge is -2.29. The van der Waals surface area contributed by atoms with Crippen LogP contribution < -0.4 is 4.74 Å². The zero-order chi connectivity index (χ0) is 25.2. The van der Waals surface area contributed by atoms with Gasteiger partial charge in [0.05, 0.1) is 5.69 Å². The number of ketones is 1. The van der Waals surface area contributed by atoms with Gasteiger partial charge in [-0.05, 0) is 74.5 Å². The summed E-state index contributed by atoms with van der Waals surface area (Å²) in [5.74, 6) is 1.69. The second-order valence-electron chi connectivity index (χ2n) is 11.5. The van der Waals surface area contributed by atoms with E-state index in [1.165, 1.54) is 5.56 Å². The first kappa shape index (κ1) is 25.3. The van der Waals surface area contributed by atoms with E-state index >= 15 is 0 Å². The molecule has 2 aromatic rings. The molecule has 1 atom stereocenters. The fraction of sp³-hybridized carbons (Fsp3) is 0.586. The molecule has 0 radical (unpaired) electrons. The highest BCUT2D eigenvalue weighted by Gasteiger charge is 2.57. The summed E-state index contributed by atoms with van der Waals surface area (Å²) < 4.78 is 6.34. The number of aromatic nitrogens is 2. The van der Waals surface area contributed by atoms with E-state index in [1.54, 1.807) is 6.92 Å². The lowest BCUT2D eigenvalue weighted by Crippen LogP contribution is -2.22. The minimum atomic E-state index is -0.229. The van der Waals surface area contributed by atoms with Crippen LogP contribution in [-0.2, 0) is 16.6 Å². The Morgan fingerprint density at radius 3 is 2.49 bits per heavy atom. The number of carbonyl (C=O) groups excluding carboxylic acids is 2. The first-order valence-corrected chi connectivity index (χ1v) is 12.9. The highest BCUT2D eigenvalue weighted by Crippen LogP contribution is 2.59. The molecule has 2 aliphatic carbocycles. The highest BCUT2D eigenvalue weighted by molar-refractivity contribution is 5.96. The van der Waals surface area contributed by atoms with Crippen molar-refractivity contribution in [2.75, 3.05) is 0 Å². The minimum absolute atomic E-state index is 0.0961. The molecule has 35 heavy (non-hydrogen) atoms. The molecule has 1 N–H and O–H groups in total. The molecule has 2 aliphatic rings. The molecule has 6 nitrogen and oxygen atoms in total. The highest BCUT2D eigenvalue weighted by atomic mass is 16.5. The zero-order valence-corrected chi connectivity index (χ0v) is 21.5. The third-order valence-electron chi connectivity index (χ3n) is 7.78. The summed E-state index contributed by atoms with van der Waals surface area (Å²) in [4.78, 5) is 31.9. The number of benzene rings is 1. The molecule has 1 unspecified atom stereocenters. The maximum absolute atomic E-state index is 12.5. The van der Waals surface area contributed by atoms with Crippen LogP contribution in [0.1, 0.15) is 99.7 Å². The Bertz CT molecular complexity index is 1060. The van der Waals surface area contributed by atoms with Crippen LogP contribution in [0, 0.1) is 18.3 Å². The largest absolute Gasteiger partial charge is 0.504 e. The van der Waals surface area contributed by atoms with Crippen molar-refractivity contribution in [3.8, 4) is 11.5 Å². The Hall–Kier alpha value is -2.76. The van der Waals surface area contributed by atoms with Crippen molar-refractivity contribution in [1.82, 2.24) is 9.97 Å². The molecular formula is C29H38N2O4. The molecule has 1 aromatic carbocycles. The van der Waals surface area contributed by atoms with E-state index in [0.717, 1.165) is 44.1 Å². The lowest BCUT2D eigenvalue weighted by atomic mass is 9.78. The fourth-order valence-corrected chi connectivity index (χ4v) is 5.29. The van der Waals surface area contributed by atoms with Crippen molar-refractivity contribution in [2.24, 2.45) is 11.3 Å². The normalized spacial score (nSPS) is 23.8. The monoisotopic (exact) mass is 478 g/mol. The van der Waals surface area contributed by atoms with Crippen molar-refractivity contribution in [3.05, 3.63) is 47.0 Å². The van der Waals surface area contributed by atoms with Gasteiger partial charge < -0.3 is 14.6 Å². The third-order valence-corrected chi connectivity index (χ3v) is 7.78. The van der Waals surface area contributed by atoms with Crippen LogP contribution in [0.4, 0.5) is 0 Å². The van der Waals surface area contributed by atoms with Gasteiger partial charge >= 0.3 is 0 Å². The standard InChI is InChI=1S/C29H38N2O4/c1-19-27(34)26(23(33)7-5-6-16-32)31-25(30-19)17-20-12-14-29(15-13-20)18-24(29)35-22-10-8-21(9-11-22)28(2,3)4/h8-11,16,20,24,34H,5-7,12-15,17-18H2,1-4H3. The average molecular weight is 479 g/mol. The SMILES string of the molecule is Cc1nc(CC2CCC3(CC2)CC3Oc2ccc(C(C)(C)C)cc2)nc(C(=O)CCCC=O)c1O. The smallest absolute Gasteiger partial charge is 0.185 e. The van der Waals surface area contributed by atoms with Gasteiger partial charge in [-0.2, -0.15) is 0 Å². The van der Waals surface area contributed by atoms with E-state index in [9.17, 15) is 14.7 Å². The van der Waals surface area contributed by atoms with Crippen LogP contribution in [0.15, 0.2) is 24.3 Å². The van der Waals surface area contributed by atoms with Gasteiger partial charge in [-0.1, -0.05) is 32.9 Å². The number of ether oxygens (including phenoxy) is 1. The van der Waals surface area contributed by atoms with Gasteiger partial charge in [0.25, 0.3) is 0 Å². The number of aromatic hydroxyl groups is 1. The van der Waals surface area contributed by atoms with Crippen molar-refractivity contribution in [2.45, 2.75) is 97.0 Å². The van der Waals surface area contributed by atoms with Gasteiger partial charge in [0.15, 0.2) is 17.2 Å². The van der Waals surface area contributed by atoms with Gasteiger partial charge in [0.2, 0.25) is 0 Å². The fourth-order valence-electron chi connectivity index (χ4n) is 5.29. The molecule has 4 rings (SSSR count). The second kappa shape index (κ2) is 10.1. The maximum atomic E-state index is 12.5. The lowest BCUT2D eigenvalue weighted by molar-refractivity contribution is -0.107. The second-order valence-corrected chi connectivity index (χ2v) is 11.5. The summed E-state index contributed by atoms with van der Waals surface area (Å²) in [5.41, 5.74) is 2.29. The Balaban J connectivity index is 1.31. The molecule has 0 amide bonds.